The van der Waals surface area contributed by atoms with E-state index in [1.54, 1.807) is 11.8 Å². The van der Waals surface area contributed by atoms with E-state index in [-0.39, 0.29) is 16.7 Å². The number of aliphatic hydroxyl groups excluding tert-OH is 1. The van der Waals surface area contributed by atoms with Crippen LogP contribution in [0.15, 0.2) is 50.5 Å². The Labute approximate surface area is 144 Å². The van der Waals surface area contributed by atoms with Crippen LogP contribution in [0.5, 0.6) is 0 Å². The molecule has 0 bridgehead atoms. The summed E-state index contributed by atoms with van der Waals surface area (Å²) < 4.78 is 4.66. The zero-order valence-electron chi connectivity index (χ0n) is 13.5. The number of hydrogen-bond donors (Lipinski definition) is 1. The summed E-state index contributed by atoms with van der Waals surface area (Å²) in [5.41, 5.74) is -0.386. The normalized spacial score (nSPS) is 22.5. The van der Waals surface area contributed by atoms with Crippen molar-refractivity contribution in [3.63, 3.8) is 0 Å². The lowest BCUT2D eigenvalue weighted by atomic mass is 10.1. The van der Waals surface area contributed by atoms with Gasteiger partial charge in [-0.25, -0.2) is 9.80 Å². The first-order valence-corrected chi connectivity index (χ1v) is 8.88. The first kappa shape index (κ1) is 16.9. The van der Waals surface area contributed by atoms with Gasteiger partial charge in [-0.15, -0.1) is 0 Å². The summed E-state index contributed by atoms with van der Waals surface area (Å²) in [5, 5.41) is 14.8. The topological polar surface area (TPSA) is 74.0 Å². The predicted molar refractivity (Wildman–Crippen MR) is 92.4 cm³/mol. The van der Waals surface area contributed by atoms with Gasteiger partial charge < -0.3 is 9.52 Å². The maximum atomic E-state index is 12.2. The number of carbonyl (C=O) groups is 1. The molecule has 2 aliphatic rings. The Kier molecular flexibility index (Phi) is 5.11. The van der Waals surface area contributed by atoms with E-state index >= 15 is 0 Å². The first-order chi connectivity index (χ1) is 11.5. The van der Waals surface area contributed by atoms with Crippen molar-refractivity contribution >= 4 is 17.5 Å². The molecule has 0 aliphatic carbocycles. The highest BCUT2D eigenvalue weighted by molar-refractivity contribution is 8.04. The van der Waals surface area contributed by atoms with Crippen molar-refractivity contribution in [2.24, 2.45) is 0 Å². The van der Waals surface area contributed by atoms with Crippen molar-refractivity contribution in [3.05, 3.63) is 57.3 Å². The van der Waals surface area contributed by atoms with Crippen molar-refractivity contribution in [3.8, 4) is 0 Å². The van der Waals surface area contributed by atoms with E-state index < -0.39 is 11.4 Å². The molecule has 1 aromatic heterocycles. The second-order valence-corrected chi connectivity index (χ2v) is 7.23. The number of hydrogen-bond acceptors (Lipinski definition) is 7. The first-order valence-electron chi connectivity index (χ1n) is 8.00. The molecule has 128 valence electrons. The highest BCUT2D eigenvalue weighted by atomic mass is 32.2. The summed E-state index contributed by atoms with van der Waals surface area (Å²) in [6.07, 6.45) is 8.15. The Bertz CT molecular complexity index is 714. The van der Waals surface area contributed by atoms with Crippen LogP contribution in [0.1, 0.15) is 36.5 Å². The van der Waals surface area contributed by atoms with Gasteiger partial charge in [-0.05, 0) is 31.9 Å². The molecule has 1 atom stereocenters. The van der Waals surface area contributed by atoms with Gasteiger partial charge in [-0.3, -0.25) is 9.80 Å². The van der Waals surface area contributed by atoms with Gasteiger partial charge in [0.1, 0.15) is 6.26 Å². The molecule has 1 saturated heterocycles. The van der Waals surface area contributed by atoms with Crippen LogP contribution >= 0.6 is 11.8 Å². The number of piperidine rings is 1. The van der Waals surface area contributed by atoms with Gasteiger partial charge in [-0.1, -0.05) is 18.2 Å². The Morgan fingerprint density at radius 1 is 1.33 bits per heavy atom. The summed E-state index contributed by atoms with van der Waals surface area (Å²) in [6, 6.07) is 2.50. The lowest BCUT2D eigenvalue weighted by molar-refractivity contribution is 0.00140. The molecule has 1 aromatic rings. The molecule has 0 radical (unpaired) electrons. The van der Waals surface area contributed by atoms with Crippen LogP contribution in [-0.4, -0.2) is 39.4 Å². The average Bonchev–Trinajstić information content (AvgIpc) is 2.96. The molecule has 3 heterocycles. The van der Waals surface area contributed by atoms with Gasteiger partial charge in [-0.2, -0.15) is 0 Å². The van der Waals surface area contributed by atoms with Crippen LogP contribution in [-0.2, 0) is 0 Å². The summed E-state index contributed by atoms with van der Waals surface area (Å²) in [4.78, 5) is 23.9. The molecule has 0 amide bonds. The van der Waals surface area contributed by atoms with E-state index in [1.165, 1.54) is 31.4 Å². The molecule has 2 aliphatic heterocycles. The van der Waals surface area contributed by atoms with E-state index in [4.69, 9.17) is 0 Å². The van der Waals surface area contributed by atoms with Gasteiger partial charge in [0.25, 0.3) is 0 Å². The van der Waals surface area contributed by atoms with Crippen molar-refractivity contribution in [2.45, 2.75) is 31.6 Å². The van der Waals surface area contributed by atoms with Crippen molar-refractivity contribution < 1.29 is 14.3 Å². The zero-order valence-corrected chi connectivity index (χ0v) is 14.3. The van der Waals surface area contributed by atoms with Crippen LogP contribution in [0.25, 0.3) is 0 Å². The van der Waals surface area contributed by atoms with E-state index in [2.05, 4.69) is 21.4 Å². The molecule has 1 N–H and O–H groups in total. The molecule has 7 heteroatoms. The van der Waals surface area contributed by atoms with E-state index in [9.17, 15) is 14.7 Å². The molecule has 3 rings (SSSR count). The predicted octanol–water partition coefficient (Wildman–Crippen LogP) is 2.90. The largest absolute Gasteiger partial charge is 0.504 e. The third-order valence-corrected chi connectivity index (χ3v) is 5.13. The lowest BCUT2D eigenvalue weighted by Gasteiger charge is -2.37. The number of Topliss-reactive ketones (excluding diaryl/α,β-unsaturated/α-hetero) is 1. The summed E-state index contributed by atoms with van der Waals surface area (Å²) >= 11 is 1.59. The summed E-state index contributed by atoms with van der Waals surface area (Å²) in [7, 11) is 0. The fourth-order valence-electron chi connectivity index (χ4n) is 2.84. The van der Waals surface area contributed by atoms with Gasteiger partial charge in [0.2, 0.25) is 5.78 Å². The monoisotopic (exact) mass is 348 g/mol. The molecular weight excluding hydrogens is 328 g/mol. The fourth-order valence-corrected chi connectivity index (χ4v) is 3.89. The number of aliphatic hydroxyl groups is 1. The molecule has 0 spiro atoms. The smallest absolute Gasteiger partial charge is 0.335 e. The third-order valence-electron chi connectivity index (χ3n) is 4.07. The van der Waals surface area contributed by atoms with Crippen LogP contribution in [0.4, 0.5) is 0 Å². The van der Waals surface area contributed by atoms with Crippen molar-refractivity contribution in [1.29, 1.82) is 0 Å². The maximum Gasteiger partial charge on any atom is 0.335 e. The fraction of sp³-hybridized carbons (Fsp3) is 0.412. The Balaban J connectivity index is 1.73. The van der Waals surface area contributed by atoms with Gasteiger partial charge in [0, 0.05) is 30.3 Å². The molecular formula is C17H20N2O4S. The molecule has 1 unspecified atom stereocenters. The molecule has 0 saturated carbocycles. The highest BCUT2D eigenvalue weighted by Gasteiger charge is 2.27. The standard InChI is InChI=1S/C17H20N2O4S/c1-12-19(18-7-3-2-4-8-18)10-14(24-12)9-15(20)17(22)13-5-6-16(21)23-11-13/h5-6,9-12,20H,2-4,7-8H2,1H3. The Morgan fingerprint density at radius 2 is 2.08 bits per heavy atom. The van der Waals surface area contributed by atoms with Crippen LogP contribution in [0.3, 0.4) is 0 Å². The quantitative estimate of drug-likeness (QED) is 0.509. The number of allylic oxidation sites excluding steroid dienone is 2. The number of ketones is 1. The van der Waals surface area contributed by atoms with Crippen molar-refractivity contribution in [1.82, 2.24) is 10.0 Å². The third kappa shape index (κ3) is 3.73. The SMILES string of the molecule is CC1SC(C=C(O)C(=O)c2ccc(=O)oc2)=CN1N1CCCCC1. The Morgan fingerprint density at radius 3 is 2.75 bits per heavy atom. The molecule has 0 aromatic carbocycles. The summed E-state index contributed by atoms with van der Waals surface area (Å²) in [6.45, 7) is 4.17. The number of rotatable bonds is 4. The van der Waals surface area contributed by atoms with E-state index in [1.807, 2.05) is 6.20 Å². The Hall–Kier alpha value is -1.99. The van der Waals surface area contributed by atoms with E-state index in [0.29, 0.717) is 0 Å². The minimum Gasteiger partial charge on any atom is -0.504 e. The summed E-state index contributed by atoms with van der Waals surface area (Å²) in [5.74, 6) is -0.931. The molecule has 24 heavy (non-hydrogen) atoms. The number of thioether (sulfide) groups is 1. The number of nitrogens with zero attached hydrogens (tertiary/aromatic N) is 2. The molecule has 1 fully saturated rings. The minimum absolute atomic E-state index is 0.146. The lowest BCUT2D eigenvalue weighted by Crippen LogP contribution is -2.44. The number of carbonyl (C=O) groups excluding carboxylic acids is 1. The van der Waals surface area contributed by atoms with Crippen LogP contribution in [0.2, 0.25) is 0 Å². The zero-order chi connectivity index (χ0) is 17.1. The second kappa shape index (κ2) is 7.27. The number of hydrazine groups is 1. The average molecular weight is 348 g/mol. The van der Waals surface area contributed by atoms with Gasteiger partial charge >= 0.3 is 5.63 Å². The van der Waals surface area contributed by atoms with Crippen molar-refractivity contribution in [2.75, 3.05) is 13.1 Å². The van der Waals surface area contributed by atoms with Gasteiger partial charge in [0.15, 0.2) is 5.76 Å². The van der Waals surface area contributed by atoms with E-state index in [0.717, 1.165) is 30.3 Å². The van der Waals surface area contributed by atoms with Gasteiger partial charge in [0.05, 0.1) is 10.9 Å². The van der Waals surface area contributed by atoms with Crippen LogP contribution in [0, 0.1) is 0 Å². The second-order valence-electron chi connectivity index (χ2n) is 5.85. The highest BCUT2D eigenvalue weighted by Crippen LogP contribution is 2.35. The minimum atomic E-state index is -0.565. The maximum absolute atomic E-state index is 12.2. The van der Waals surface area contributed by atoms with Crippen LogP contribution < -0.4 is 5.63 Å². The molecule has 6 nitrogen and oxygen atoms in total.